The molecule has 20 heavy (non-hydrogen) atoms. The summed E-state index contributed by atoms with van der Waals surface area (Å²) in [6, 6.07) is 4.58. The highest BCUT2D eigenvalue weighted by Crippen LogP contribution is 2.33. The van der Waals surface area contributed by atoms with Gasteiger partial charge < -0.3 is 5.32 Å². The van der Waals surface area contributed by atoms with Gasteiger partial charge in [-0.1, -0.05) is 6.07 Å². The van der Waals surface area contributed by atoms with Crippen LogP contribution in [0.15, 0.2) is 28.0 Å². The molecule has 1 aliphatic rings. The van der Waals surface area contributed by atoms with Crippen LogP contribution in [-0.2, 0) is 25.2 Å². The zero-order chi connectivity index (χ0) is 15.2. The third kappa shape index (κ3) is 2.89. The maximum Gasteiger partial charge on any atom is 0.176 e. The fourth-order valence-corrected chi connectivity index (χ4v) is 5.01. The molecule has 1 aromatic rings. The number of hydrogen-bond donors (Lipinski definition) is 1. The standard InChI is InChI=1S/C13H19NO4S2/c1-13(7-4-8-14-13)10-5-6-11(19(2,15)16)12(9-10)20(3,17)18/h5-6,9,14H,4,7-8H2,1-3H3. The summed E-state index contributed by atoms with van der Waals surface area (Å²) in [5.41, 5.74) is 0.512. The van der Waals surface area contributed by atoms with Gasteiger partial charge in [0.05, 0.1) is 9.79 Å². The van der Waals surface area contributed by atoms with Gasteiger partial charge in [0, 0.05) is 18.1 Å². The lowest BCUT2D eigenvalue weighted by Crippen LogP contribution is -2.33. The fraction of sp³-hybridized carbons (Fsp3) is 0.538. The normalized spacial score (nSPS) is 23.9. The molecule has 1 saturated heterocycles. The van der Waals surface area contributed by atoms with Crippen molar-refractivity contribution in [3.8, 4) is 0 Å². The molecule has 0 aliphatic carbocycles. The molecule has 1 atom stereocenters. The Balaban J connectivity index is 2.68. The molecule has 1 fully saturated rings. The van der Waals surface area contributed by atoms with Gasteiger partial charge in [-0.3, -0.25) is 0 Å². The van der Waals surface area contributed by atoms with Gasteiger partial charge in [0.1, 0.15) is 0 Å². The second-order valence-electron chi connectivity index (χ2n) is 5.57. The number of hydrogen-bond acceptors (Lipinski definition) is 5. The van der Waals surface area contributed by atoms with Crippen LogP contribution in [0.1, 0.15) is 25.3 Å². The molecule has 0 spiro atoms. The van der Waals surface area contributed by atoms with Crippen LogP contribution in [0.5, 0.6) is 0 Å². The summed E-state index contributed by atoms with van der Waals surface area (Å²) in [5, 5.41) is 3.34. The van der Waals surface area contributed by atoms with Crippen molar-refractivity contribution in [1.82, 2.24) is 5.32 Å². The van der Waals surface area contributed by atoms with Crippen LogP contribution in [0, 0.1) is 0 Å². The lowest BCUT2D eigenvalue weighted by atomic mass is 9.91. The van der Waals surface area contributed by atoms with E-state index in [0.29, 0.717) is 0 Å². The maximum atomic E-state index is 11.9. The Bertz CT molecular complexity index is 730. The van der Waals surface area contributed by atoms with E-state index in [9.17, 15) is 16.8 Å². The van der Waals surface area contributed by atoms with E-state index in [2.05, 4.69) is 5.32 Å². The zero-order valence-electron chi connectivity index (χ0n) is 11.8. The summed E-state index contributed by atoms with van der Waals surface area (Å²) in [6.07, 6.45) is 3.96. The predicted octanol–water partition coefficient (Wildman–Crippen LogP) is 1.09. The first-order valence-electron chi connectivity index (χ1n) is 6.34. The molecule has 2 rings (SSSR count). The van der Waals surface area contributed by atoms with Gasteiger partial charge in [-0.05, 0) is 44.0 Å². The third-order valence-electron chi connectivity index (χ3n) is 3.75. The topological polar surface area (TPSA) is 80.3 Å². The van der Waals surface area contributed by atoms with Crippen molar-refractivity contribution < 1.29 is 16.8 Å². The van der Waals surface area contributed by atoms with Gasteiger partial charge in [0.2, 0.25) is 0 Å². The smallest absolute Gasteiger partial charge is 0.176 e. The monoisotopic (exact) mass is 317 g/mol. The van der Waals surface area contributed by atoms with Gasteiger partial charge in [-0.15, -0.1) is 0 Å². The summed E-state index contributed by atoms with van der Waals surface area (Å²) in [6.45, 7) is 2.88. The molecule has 5 nitrogen and oxygen atoms in total. The molecule has 112 valence electrons. The minimum atomic E-state index is -3.60. The predicted molar refractivity (Wildman–Crippen MR) is 77.3 cm³/mol. The van der Waals surface area contributed by atoms with Crippen molar-refractivity contribution in [2.75, 3.05) is 19.1 Å². The molecule has 7 heteroatoms. The number of sulfone groups is 2. The van der Waals surface area contributed by atoms with Crippen molar-refractivity contribution in [3.63, 3.8) is 0 Å². The Hall–Kier alpha value is -0.920. The fourth-order valence-electron chi connectivity index (χ4n) is 2.59. The summed E-state index contributed by atoms with van der Waals surface area (Å²) in [5.74, 6) is 0. The first kappa shape index (κ1) is 15.5. The Labute approximate surface area is 120 Å². The summed E-state index contributed by atoms with van der Waals surface area (Å²) in [4.78, 5) is -0.252. The number of nitrogens with one attached hydrogen (secondary N) is 1. The molecular weight excluding hydrogens is 298 g/mol. The molecule has 0 saturated carbocycles. The molecule has 0 radical (unpaired) electrons. The molecule has 0 amide bonds. The number of benzene rings is 1. The largest absolute Gasteiger partial charge is 0.308 e. The van der Waals surface area contributed by atoms with E-state index in [4.69, 9.17) is 0 Å². The van der Waals surface area contributed by atoms with E-state index in [0.717, 1.165) is 37.5 Å². The van der Waals surface area contributed by atoms with Crippen LogP contribution in [0.4, 0.5) is 0 Å². The first-order valence-corrected chi connectivity index (χ1v) is 10.1. The average Bonchev–Trinajstić information content (AvgIpc) is 2.74. The highest BCUT2D eigenvalue weighted by Gasteiger charge is 2.32. The summed E-state index contributed by atoms with van der Waals surface area (Å²) >= 11 is 0. The van der Waals surface area contributed by atoms with Crippen LogP contribution in [0.2, 0.25) is 0 Å². The maximum absolute atomic E-state index is 11.9. The van der Waals surface area contributed by atoms with E-state index in [1.807, 2.05) is 6.92 Å². The summed E-state index contributed by atoms with van der Waals surface area (Å²) < 4.78 is 47.2. The highest BCUT2D eigenvalue weighted by atomic mass is 32.2. The lowest BCUT2D eigenvalue weighted by Gasteiger charge is -2.26. The van der Waals surface area contributed by atoms with Crippen LogP contribution in [0.25, 0.3) is 0 Å². The Morgan fingerprint density at radius 2 is 1.65 bits per heavy atom. The van der Waals surface area contributed by atoms with E-state index in [1.54, 1.807) is 6.07 Å². The molecule has 0 bridgehead atoms. The zero-order valence-corrected chi connectivity index (χ0v) is 13.4. The molecule has 1 unspecified atom stereocenters. The molecule has 1 aliphatic heterocycles. The van der Waals surface area contributed by atoms with Crippen LogP contribution in [0.3, 0.4) is 0 Å². The Kier molecular flexibility index (Phi) is 3.73. The number of rotatable bonds is 3. The van der Waals surface area contributed by atoms with Crippen molar-refractivity contribution in [2.45, 2.75) is 35.1 Å². The van der Waals surface area contributed by atoms with Crippen LogP contribution in [-0.4, -0.2) is 35.9 Å². The average molecular weight is 317 g/mol. The molecule has 1 N–H and O–H groups in total. The van der Waals surface area contributed by atoms with Gasteiger partial charge in [0.15, 0.2) is 19.7 Å². The van der Waals surface area contributed by atoms with Gasteiger partial charge in [-0.2, -0.15) is 0 Å². The highest BCUT2D eigenvalue weighted by molar-refractivity contribution is 7.93. The van der Waals surface area contributed by atoms with E-state index in [1.165, 1.54) is 12.1 Å². The second kappa shape index (κ2) is 4.82. The van der Waals surface area contributed by atoms with Crippen molar-refractivity contribution in [1.29, 1.82) is 0 Å². The van der Waals surface area contributed by atoms with E-state index >= 15 is 0 Å². The second-order valence-corrected chi connectivity index (χ2v) is 9.54. The van der Waals surface area contributed by atoms with E-state index in [-0.39, 0.29) is 15.3 Å². The van der Waals surface area contributed by atoms with Crippen molar-refractivity contribution in [3.05, 3.63) is 23.8 Å². The van der Waals surface area contributed by atoms with E-state index < -0.39 is 19.7 Å². The van der Waals surface area contributed by atoms with Crippen molar-refractivity contribution in [2.24, 2.45) is 0 Å². The Morgan fingerprint density at radius 1 is 1.05 bits per heavy atom. The van der Waals surface area contributed by atoms with Crippen LogP contribution < -0.4 is 5.32 Å². The third-order valence-corrected chi connectivity index (χ3v) is 6.17. The minimum absolute atomic E-state index is 0.118. The van der Waals surface area contributed by atoms with Gasteiger partial charge in [-0.25, -0.2) is 16.8 Å². The summed E-state index contributed by atoms with van der Waals surface area (Å²) in [7, 11) is -7.18. The van der Waals surface area contributed by atoms with Crippen LogP contribution >= 0.6 is 0 Å². The minimum Gasteiger partial charge on any atom is -0.308 e. The first-order chi connectivity index (χ1) is 9.04. The molecule has 1 heterocycles. The SMILES string of the molecule is CC1(c2ccc(S(C)(=O)=O)c(S(C)(=O)=O)c2)CCCN1. The molecule has 1 aromatic carbocycles. The lowest BCUT2D eigenvalue weighted by molar-refractivity contribution is 0.433. The molecule has 0 aromatic heterocycles. The molecular formula is C13H19NO4S2. The quantitative estimate of drug-likeness (QED) is 0.903. The van der Waals surface area contributed by atoms with Gasteiger partial charge in [0.25, 0.3) is 0 Å². The Morgan fingerprint density at radius 3 is 2.10 bits per heavy atom. The van der Waals surface area contributed by atoms with Gasteiger partial charge >= 0.3 is 0 Å². The van der Waals surface area contributed by atoms with Crippen molar-refractivity contribution >= 4 is 19.7 Å².